The van der Waals surface area contributed by atoms with Crippen LogP contribution in [0.3, 0.4) is 0 Å². The lowest BCUT2D eigenvalue weighted by Gasteiger charge is -2.39. The molecule has 0 spiro atoms. The van der Waals surface area contributed by atoms with Crippen LogP contribution in [0.1, 0.15) is 54.9 Å². The molecular weight excluding hydrogens is 208 g/mol. The van der Waals surface area contributed by atoms with E-state index in [4.69, 9.17) is 0 Å². The molecule has 0 rings (SSSR count). The quantitative estimate of drug-likeness (QED) is 0.689. The summed E-state index contributed by atoms with van der Waals surface area (Å²) < 4.78 is 0. The first-order valence-electron chi connectivity index (χ1n) is 7.09. The van der Waals surface area contributed by atoms with Gasteiger partial charge in [0.2, 0.25) is 0 Å². The predicted octanol–water partition coefficient (Wildman–Crippen LogP) is 3.38. The minimum Gasteiger partial charge on any atom is -0.315 e. The zero-order valence-corrected chi connectivity index (χ0v) is 13.3. The maximum absolute atomic E-state index is 3.56. The molecule has 0 fully saturated rings. The molecule has 0 aromatic carbocycles. The van der Waals surface area contributed by atoms with E-state index in [9.17, 15) is 0 Å². The Balaban J connectivity index is 3.93. The first kappa shape index (κ1) is 16.9. The van der Waals surface area contributed by atoms with Gasteiger partial charge in [0.25, 0.3) is 0 Å². The molecule has 0 aromatic heterocycles. The molecule has 0 aliphatic heterocycles. The fourth-order valence-corrected chi connectivity index (χ4v) is 1.84. The lowest BCUT2D eigenvalue weighted by molar-refractivity contribution is 0.104. The predicted molar refractivity (Wildman–Crippen MR) is 78.5 cm³/mol. The summed E-state index contributed by atoms with van der Waals surface area (Å²) >= 11 is 0. The zero-order valence-electron chi connectivity index (χ0n) is 13.3. The Morgan fingerprint density at radius 1 is 1.06 bits per heavy atom. The Morgan fingerprint density at radius 3 is 2.00 bits per heavy atom. The van der Waals surface area contributed by atoms with Crippen LogP contribution in [0.25, 0.3) is 0 Å². The second kappa shape index (κ2) is 7.38. The van der Waals surface area contributed by atoms with Gasteiger partial charge in [0.15, 0.2) is 0 Å². The second-order valence-electron chi connectivity index (χ2n) is 6.94. The van der Waals surface area contributed by atoms with E-state index in [-0.39, 0.29) is 0 Å². The van der Waals surface area contributed by atoms with Crippen LogP contribution in [-0.4, -0.2) is 37.1 Å². The van der Waals surface area contributed by atoms with Gasteiger partial charge in [0.1, 0.15) is 0 Å². The minimum absolute atomic E-state index is 0.348. The molecule has 0 aliphatic rings. The van der Waals surface area contributed by atoms with Crippen LogP contribution in [0.2, 0.25) is 0 Å². The van der Waals surface area contributed by atoms with Gasteiger partial charge in [-0.1, -0.05) is 34.6 Å². The van der Waals surface area contributed by atoms with Crippen molar-refractivity contribution in [2.75, 3.05) is 20.1 Å². The van der Waals surface area contributed by atoms with Gasteiger partial charge in [0.05, 0.1) is 0 Å². The Morgan fingerprint density at radius 2 is 1.59 bits per heavy atom. The summed E-state index contributed by atoms with van der Waals surface area (Å²) in [6.45, 7) is 18.4. The highest BCUT2D eigenvalue weighted by Crippen LogP contribution is 2.24. The molecule has 0 heterocycles. The topological polar surface area (TPSA) is 15.3 Å². The monoisotopic (exact) mass is 242 g/mol. The van der Waals surface area contributed by atoms with Crippen LogP contribution in [0.5, 0.6) is 0 Å². The van der Waals surface area contributed by atoms with Crippen molar-refractivity contribution in [3.05, 3.63) is 0 Å². The van der Waals surface area contributed by atoms with E-state index in [1.54, 1.807) is 0 Å². The Kier molecular flexibility index (Phi) is 7.34. The SMILES string of the molecule is CC(C)CCNCC(C)N(C)C(C)C(C)(C)C. The van der Waals surface area contributed by atoms with Crippen molar-refractivity contribution in [3.63, 3.8) is 0 Å². The molecule has 0 radical (unpaired) electrons. The van der Waals surface area contributed by atoms with E-state index in [1.165, 1.54) is 6.42 Å². The van der Waals surface area contributed by atoms with Crippen molar-refractivity contribution in [2.24, 2.45) is 11.3 Å². The summed E-state index contributed by atoms with van der Waals surface area (Å²) in [5.74, 6) is 0.795. The number of likely N-dealkylation sites (N-methyl/N-ethyl adjacent to an activating group) is 1. The number of hydrogen-bond acceptors (Lipinski definition) is 2. The maximum Gasteiger partial charge on any atom is 0.0192 e. The van der Waals surface area contributed by atoms with Gasteiger partial charge in [-0.2, -0.15) is 0 Å². The Bertz CT molecular complexity index is 194. The van der Waals surface area contributed by atoms with Crippen molar-refractivity contribution in [1.82, 2.24) is 10.2 Å². The smallest absolute Gasteiger partial charge is 0.0192 e. The fourth-order valence-electron chi connectivity index (χ4n) is 1.84. The van der Waals surface area contributed by atoms with Crippen molar-refractivity contribution >= 4 is 0 Å². The maximum atomic E-state index is 3.56. The number of nitrogens with zero attached hydrogens (tertiary/aromatic N) is 1. The first-order valence-corrected chi connectivity index (χ1v) is 7.09. The molecule has 2 heteroatoms. The molecule has 1 N–H and O–H groups in total. The van der Waals surface area contributed by atoms with Crippen LogP contribution >= 0.6 is 0 Å². The van der Waals surface area contributed by atoms with Crippen molar-refractivity contribution in [3.8, 4) is 0 Å². The van der Waals surface area contributed by atoms with E-state index < -0.39 is 0 Å². The normalized spacial score (nSPS) is 16.6. The van der Waals surface area contributed by atoms with Gasteiger partial charge in [-0.15, -0.1) is 0 Å². The molecule has 2 unspecified atom stereocenters. The molecule has 0 amide bonds. The molecular formula is C15H34N2. The largest absolute Gasteiger partial charge is 0.315 e. The van der Waals surface area contributed by atoms with Gasteiger partial charge in [-0.05, 0) is 45.2 Å². The summed E-state index contributed by atoms with van der Waals surface area (Å²) in [6, 6.07) is 1.20. The van der Waals surface area contributed by atoms with E-state index in [2.05, 4.69) is 65.7 Å². The van der Waals surface area contributed by atoms with E-state index in [0.29, 0.717) is 17.5 Å². The summed E-state index contributed by atoms with van der Waals surface area (Å²) in [4.78, 5) is 2.49. The van der Waals surface area contributed by atoms with E-state index in [0.717, 1.165) is 19.0 Å². The third kappa shape index (κ3) is 7.05. The lowest BCUT2D eigenvalue weighted by Crippen LogP contribution is -2.47. The van der Waals surface area contributed by atoms with Crippen LogP contribution in [-0.2, 0) is 0 Å². The number of nitrogens with one attached hydrogen (secondary N) is 1. The van der Waals surface area contributed by atoms with Crippen LogP contribution < -0.4 is 5.32 Å². The van der Waals surface area contributed by atoms with Crippen molar-refractivity contribution < 1.29 is 0 Å². The molecule has 17 heavy (non-hydrogen) atoms. The Labute approximate surface area is 109 Å². The highest BCUT2D eigenvalue weighted by Gasteiger charge is 2.26. The lowest BCUT2D eigenvalue weighted by atomic mass is 9.86. The standard InChI is InChI=1S/C15H34N2/c1-12(2)9-10-16-11-13(3)17(8)14(4)15(5,6)7/h12-14,16H,9-11H2,1-8H3. The third-order valence-electron chi connectivity index (χ3n) is 3.90. The summed E-state index contributed by atoms with van der Waals surface area (Å²) in [5, 5.41) is 3.56. The fraction of sp³-hybridized carbons (Fsp3) is 1.00. The van der Waals surface area contributed by atoms with E-state index in [1.807, 2.05) is 0 Å². The highest BCUT2D eigenvalue weighted by atomic mass is 15.2. The van der Waals surface area contributed by atoms with Crippen LogP contribution in [0, 0.1) is 11.3 Å². The van der Waals surface area contributed by atoms with Gasteiger partial charge in [-0.25, -0.2) is 0 Å². The van der Waals surface area contributed by atoms with Gasteiger partial charge < -0.3 is 5.32 Å². The van der Waals surface area contributed by atoms with Crippen molar-refractivity contribution in [1.29, 1.82) is 0 Å². The third-order valence-corrected chi connectivity index (χ3v) is 3.90. The molecule has 0 aliphatic carbocycles. The first-order chi connectivity index (χ1) is 7.66. The molecule has 104 valence electrons. The second-order valence-corrected chi connectivity index (χ2v) is 6.94. The van der Waals surface area contributed by atoms with Gasteiger partial charge in [0, 0.05) is 18.6 Å². The number of rotatable bonds is 7. The minimum atomic E-state index is 0.348. The molecule has 0 saturated heterocycles. The Hall–Kier alpha value is -0.0800. The molecule has 0 bridgehead atoms. The zero-order chi connectivity index (χ0) is 13.6. The molecule has 0 saturated carbocycles. The summed E-state index contributed by atoms with van der Waals surface area (Å²) in [5.41, 5.74) is 0.348. The molecule has 2 atom stereocenters. The summed E-state index contributed by atoms with van der Waals surface area (Å²) in [7, 11) is 2.24. The van der Waals surface area contributed by atoms with Crippen LogP contribution in [0.15, 0.2) is 0 Å². The molecule has 0 aromatic rings. The van der Waals surface area contributed by atoms with Gasteiger partial charge >= 0.3 is 0 Å². The van der Waals surface area contributed by atoms with Gasteiger partial charge in [-0.3, -0.25) is 4.90 Å². The number of hydrogen-bond donors (Lipinski definition) is 1. The average Bonchev–Trinajstić information content (AvgIpc) is 2.20. The van der Waals surface area contributed by atoms with Crippen molar-refractivity contribution in [2.45, 2.75) is 67.0 Å². The highest BCUT2D eigenvalue weighted by molar-refractivity contribution is 4.81. The molecule has 2 nitrogen and oxygen atoms in total. The van der Waals surface area contributed by atoms with E-state index >= 15 is 0 Å². The summed E-state index contributed by atoms with van der Waals surface area (Å²) in [6.07, 6.45) is 1.27. The van der Waals surface area contributed by atoms with Crippen LogP contribution in [0.4, 0.5) is 0 Å². The average molecular weight is 242 g/mol.